The lowest BCUT2D eigenvalue weighted by Crippen LogP contribution is -2.64. The lowest BCUT2D eigenvalue weighted by Gasteiger charge is -2.44. The zero-order chi connectivity index (χ0) is 16.8. The third-order valence-corrected chi connectivity index (χ3v) is 5.38. The summed E-state index contributed by atoms with van der Waals surface area (Å²) in [7, 11) is 4.25. The standard InChI is InChI=1S/C11H19N.C6H14N2.C2H6/c1-9(2)10-5-7-12(8-6-10)11-3-4-11;1-6(8(2)3)4-7-5-6;1-2/h10-11H,1,3-8H2,2H3;7H,4-5H2,1-3H3;1-2H3. The third-order valence-electron chi connectivity index (χ3n) is 5.38. The van der Waals surface area contributed by atoms with Crippen LogP contribution in [0.4, 0.5) is 0 Å². The average molecular weight is 310 g/mol. The summed E-state index contributed by atoms with van der Waals surface area (Å²) in [6.45, 7) is 17.4. The van der Waals surface area contributed by atoms with Gasteiger partial charge in [0.1, 0.15) is 0 Å². The average Bonchev–Trinajstić information content (AvgIpc) is 3.32. The molecule has 130 valence electrons. The molecular weight excluding hydrogens is 270 g/mol. The van der Waals surface area contributed by atoms with Crippen molar-refractivity contribution in [1.82, 2.24) is 15.1 Å². The van der Waals surface area contributed by atoms with Crippen LogP contribution >= 0.6 is 0 Å². The van der Waals surface area contributed by atoms with Crippen LogP contribution in [0.25, 0.3) is 0 Å². The van der Waals surface area contributed by atoms with Gasteiger partial charge in [-0.3, -0.25) is 0 Å². The monoisotopic (exact) mass is 309 g/mol. The van der Waals surface area contributed by atoms with Crippen LogP contribution in [0.5, 0.6) is 0 Å². The van der Waals surface area contributed by atoms with Gasteiger partial charge < -0.3 is 15.1 Å². The fourth-order valence-electron chi connectivity index (χ4n) is 3.00. The fourth-order valence-corrected chi connectivity index (χ4v) is 3.00. The minimum Gasteiger partial charge on any atom is -0.313 e. The maximum absolute atomic E-state index is 4.05. The lowest BCUT2D eigenvalue weighted by molar-refractivity contribution is 0.106. The van der Waals surface area contributed by atoms with Gasteiger partial charge in [-0.25, -0.2) is 0 Å². The molecule has 0 radical (unpaired) electrons. The summed E-state index contributed by atoms with van der Waals surface area (Å²) >= 11 is 0. The molecular formula is C19H39N3. The number of hydrogen-bond acceptors (Lipinski definition) is 3. The molecule has 3 rings (SSSR count). The highest BCUT2D eigenvalue weighted by Gasteiger charge is 2.33. The summed E-state index contributed by atoms with van der Waals surface area (Å²) < 4.78 is 0. The predicted octanol–water partition coefficient (Wildman–Crippen LogP) is 3.37. The van der Waals surface area contributed by atoms with Crippen molar-refractivity contribution in [3.63, 3.8) is 0 Å². The molecule has 0 amide bonds. The molecule has 0 unspecified atom stereocenters. The van der Waals surface area contributed by atoms with Gasteiger partial charge in [0.25, 0.3) is 0 Å². The van der Waals surface area contributed by atoms with Crippen molar-refractivity contribution >= 4 is 0 Å². The van der Waals surface area contributed by atoms with Crippen LogP contribution in [0, 0.1) is 5.92 Å². The molecule has 0 bridgehead atoms. The predicted molar refractivity (Wildman–Crippen MR) is 98.4 cm³/mol. The van der Waals surface area contributed by atoms with E-state index in [0.717, 1.165) is 25.0 Å². The van der Waals surface area contributed by atoms with Crippen molar-refractivity contribution in [2.75, 3.05) is 40.3 Å². The lowest BCUT2D eigenvalue weighted by atomic mass is 9.91. The van der Waals surface area contributed by atoms with Crippen molar-refractivity contribution in [2.45, 2.75) is 65.0 Å². The van der Waals surface area contributed by atoms with Crippen LogP contribution < -0.4 is 5.32 Å². The smallest absolute Gasteiger partial charge is 0.0423 e. The Labute approximate surface area is 139 Å². The van der Waals surface area contributed by atoms with E-state index in [0.29, 0.717) is 5.54 Å². The van der Waals surface area contributed by atoms with Gasteiger partial charge in [0.2, 0.25) is 0 Å². The number of likely N-dealkylation sites (N-methyl/N-ethyl adjacent to an activating group) is 1. The number of allylic oxidation sites excluding steroid dienone is 1. The Morgan fingerprint density at radius 1 is 1.09 bits per heavy atom. The maximum atomic E-state index is 4.05. The molecule has 22 heavy (non-hydrogen) atoms. The zero-order valence-corrected chi connectivity index (χ0v) is 15.9. The fraction of sp³-hybridized carbons (Fsp3) is 0.895. The number of nitrogens with zero attached hydrogens (tertiary/aromatic N) is 2. The first-order valence-corrected chi connectivity index (χ1v) is 9.20. The first kappa shape index (κ1) is 19.7. The van der Waals surface area contributed by atoms with E-state index < -0.39 is 0 Å². The summed E-state index contributed by atoms with van der Waals surface area (Å²) in [6.07, 6.45) is 5.62. The maximum Gasteiger partial charge on any atom is 0.0423 e. The summed E-state index contributed by atoms with van der Waals surface area (Å²) in [6, 6.07) is 0.969. The molecule has 2 heterocycles. The first-order chi connectivity index (χ1) is 10.4. The van der Waals surface area contributed by atoms with Crippen molar-refractivity contribution < 1.29 is 0 Å². The van der Waals surface area contributed by atoms with Crippen molar-refractivity contribution in [3.05, 3.63) is 12.2 Å². The Morgan fingerprint density at radius 3 is 1.82 bits per heavy atom. The van der Waals surface area contributed by atoms with Crippen molar-refractivity contribution in [2.24, 2.45) is 5.92 Å². The quantitative estimate of drug-likeness (QED) is 0.806. The van der Waals surface area contributed by atoms with E-state index in [4.69, 9.17) is 0 Å². The molecule has 0 aromatic rings. The molecule has 1 N–H and O–H groups in total. The number of rotatable bonds is 3. The second-order valence-electron chi connectivity index (χ2n) is 7.38. The van der Waals surface area contributed by atoms with E-state index in [9.17, 15) is 0 Å². The SMILES string of the molecule is C=C(C)C1CCN(C2CC2)CC1.CC.CN(C)C1(C)CNC1. The zero-order valence-electron chi connectivity index (χ0n) is 15.9. The summed E-state index contributed by atoms with van der Waals surface area (Å²) in [5.41, 5.74) is 1.84. The molecule has 0 aromatic carbocycles. The van der Waals surface area contributed by atoms with Crippen molar-refractivity contribution in [3.8, 4) is 0 Å². The molecule has 3 aliphatic rings. The number of hydrogen-bond donors (Lipinski definition) is 1. The molecule has 3 nitrogen and oxygen atoms in total. The number of likely N-dealkylation sites (tertiary alicyclic amines) is 1. The molecule has 1 saturated carbocycles. The first-order valence-electron chi connectivity index (χ1n) is 9.20. The minimum atomic E-state index is 0.444. The van der Waals surface area contributed by atoms with E-state index >= 15 is 0 Å². The molecule has 2 aliphatic heterocycles. The topological polar surface area (TPSA) is 18.5 Å². The Balaban J connectivity index is 0.000000211. The van der Waals surface area contributed by atoms with Gasteiger partial charge in [-0.2, -0.15) is 0 Å². The van der Waals surface area contributed by atoms with Crippen LogP contribution in [0.15, 0.2) is 12.2 Å². The number of piperidine rings is 1. The highest BCUT2D eigenvalue weighted by Crippen LogP contribution is 2.32. The number of nitrogens with one attached hydrogen (secondary N) is 1. The van der Waals surface area contributed by atoms with Gasteiger partial charge in [0, 0.05) is 24.7 Å². The second-order valence-corrected chi connectivity index (χ2v) is 7.38. The van der Waals surface area contributed by atoms with Gasteiger partial charge in [0.15, 0.2) is 0 Å². The van der Waals surface area contributed by atoms with Gasteiger partial charge in [0.05, 0.1) is 0 Å². The van der Waals surface area contributed by atoms with Crippen molar-refractivity contribution in [1.29, 1.82) is 0 Å². The highest BCUT2D eigenvalue weighted by molar-refractivity contribution is 4.99. The largest absolute Gasteiger partial charge is 0.313 e. The molecule has 2 saturated heterocycles. The van der Waals surface area contributed by atoms with Crippen LogP contribution in [0.1, 0.15) is 53.4 Å². The van der Waals surface area contributed by atoms with Gasteiger partial charge >= 0.3 is 0 Å². The van der Waals surface area contributed by atoms with Crippen LogP contribution in [0.2, 0.25) is 0 Å². The third kappa shape index (κ3) is 5.68. The molecule has 0 atom stereocenters. The van der Waals surface area contributed by atoms with Crippen LogP contribution in [-0.2, 0) is 0 Å². The molecule has 1 aliphatic carbocycles. The Morgan fingerprint density at radius 2 is 1.59 bits per heavy atom. The van der Waals surface area contributed by atoms with E-state index in [1.165, 1.54) is 44.3 Å². The van der Waals surface area contributed by atoms with Crippen LogP contribution in [0.3, 0.4) is 0 Å². The Kier molecular flexibility index (Phi) is 8.09. The Bertz CT molecular complexity index is 322. The van der Waals surface area contributed by atoms with Gasteiger partial charge in [-0.1, -0.05) is 26.0 Å². The minimum absolute atomic E-state index is 0.444. The molecule has 3 fully saturated rings. The van der Waals surface area contributed by atoms with Gasteiger partial charge in [-0.05, 0) is 72.6 Å². The molecule has 0 spiro atoms. The second kappa shape index (κ2) is 9.05. The summed E-state index contributed by atoms with van der Waals surface area (Å²) in [5.74, 6) is 0.819. The highest BCUT2D eigenvalue weighted by atomic mass is 15.2. The normalized spacial score (nSPS) is 24.5. The van der Waals surface area contributed by atoms with Gasteiger partial charge in [-0.15, -0.1) is 0 Å². The molecule has 3 heteroatoms. The van der Waals surface area contributed by atoms with E-state index in [-0.39, 0.29) is 0 Å². The summed E-state index contributed by atoms with van der Waals surface area (Å²) in [4.78, 5) is 4.93. The van der Waals surface area contributed by atoms with Crippen LogP contribution in [-0.4, -0.2) is 61.7 Å². The van der Waals surface area contributed by atoms with E-state index in [1.54, 1.807) is 0 Å². The van der Waals surface area contributed by atoms with E-state index in [1.807, 2.05) is 13.8 Å². The van der Waals surface area contributed by atoms with E-state index in [2.05, 4.69) is 49.6 Å². The summed E-state index contributed by atoms with van der Waals surface area (Å²) in [5, 5.41) is 3.24. The molecule has 0 aromatic heterocycles. The Hall–Kier alpha value is -0.380.